The van der Waals surface area contributed by atoms with Crippen LogP contribution in [0.25, 0.3) is 6.08 Å². The van der Waals surface area contributed by atoms with E-state index < -0.39 is 0 Å². The standard InChI is InChI=1S/C17H21N5OS/c23-15-14(24-17(20-15)22-8-2-1-3-9-22)10-13-11-18-16(19-12-13)21-6-4-5-7-21/h10-12H,1-9H2/b14-10+. The quantitative estimate of drug-likeness (QED) is 0.769. The third kappa shape index (κ3) is 3.31. The van der Waals surface area contributed by atoms with Gasteiger partial charge in [-0.25, -0.2) is 9.97 Å². The summed E-state index contributed by atoms with van der Waals surface area (Å²) in [5, 5.41) is 0.848. The van der Waals surface area contributed by atoms with Gasteiger partial charge in [-0.1, -0.05) is 0 Å². The van der Waals surface area contributed by atoms with Crippen molar-refractivity contribution in [2.45, 2.75) is 32.1 Å². The van der Waals surface area contributed by atoms with E-state index in [4.69, 9.17) is 0 Å². The van der Waals surface area contributed by atoms with Gasteiger partial charge in [-0.05, 0) is 49.9 Å². The van der Waals surface area contributed by atoms with Crippen LogP contribution in [0.5, 0.6) is 0 Å². The lowest BCUT2D eigenvalue weighted by Crippen LogP contribution is -2.33. The minimum atomic E-state index is -0.149. The van der Waals surface area contributed by atoms with Gasteiger partial charge in [-0.15, -0.1) is 0 Å². The molecule has 0 saturated carbocycles. The number of likely N-dealkylation sites (tertiary alicyclic amines) is 1. The minimum Gasteiger partial charge on any atom is -0.351 e. The fourth-order valence-corrected chi connectivity index (χ4v) is 4.22. The van der Waals surface area contributed by atoms with Crippen molar-refractivity contribution in [3.8, 4) is 0 Å². The predicted octanol–water partition coefficient (Wildman–Crippen LogP) is 2.53. The van der Waals surface area contributed by atoms with Crippen molar-refractivity contribution in [3.05, 3.63) is 22.9 Å². The summed E-state index contributed by atoms with van der Waals surface area (Å²) < 4.78 is 0. The van der Waals surface area contributed by atoms with Crippen LogP contribution in [0.3, 0.4) is 0 Å². The molecule has 3 aliphatic rings. The zero-order chi connectivity index (χ0) is 16.4. The number of aliphatic imine (C=N–C) groups is 1. The Labute approximate surface area is 146 Å². The molecule has 1 aromatic rings. The first kappa shape index (κ1) is 15.6. The van der Waals surface area contributed by atoms with Gasteiger partial charge in [-0.2, -0.15) is 4.99 Å². The SMILES string of the molecule is O=C1N=C(N2CCCCC2)S/C1=C/c1cnc(N2CCCC2)nc1. The summed E-state index contributed by atoms with van der Waals surface area (Å²) in [4.78, 5) is 30.3. The summed E-state index contributed by atoms with van der Waals surface area (Å²) in [6.45, 7) is 4.06. The second kappa shape index (κ2) is 6.93. The summed E-state index contributed by atoms with van der Waals surface area (Å²) in [6.07, 6.45) is 11.5. The first-order chi connectivity index (χ1) is 11.8. The van der Waals surface area contributed by atoms with Crippen molar-refractivity contribution < 1.29 is 4.79 Å². The first-order valence-corrected chi connectivity index (χ1v) is 9.46. The number of carbonyl (C=O) groups is 1. The van der Waals surface area contributed by atoms with Gasteiger partial charge in [0.15, 0.2) is 5.17 Å². The molecule has 7 heteroatoms. The molecule has 24 heavy (non-hydrogen) atoms. The van der Waals surface area contributed by atoms with Gasteiger partial charge in [-0.3, -0.25) is 4.79 Å². The van der Waals surface area contributed by atoms with E-state index in [1.807, 2.05) is 6.08 Å². The van der Waals surface area contributed by atoms with E-state index in [9.17, 15) is 4.79 Å². The van der Waals surface area contributed by atoms with Gasteiger partial charge in [0.25, 0.3) is 5.91 Å². The lowest BCUT2D eigenvalue weighted by molar-refractivity contribution is -0.113. The molecule has 2 fully saturated rings. The van der Waals surface area contributed by atoms with Crippen LogP contribution in [0.2, 0.25) is 0 Å². The number of anilines is 1. The van der Waals surface area contributed by atoms with Crippen LogP contribution in [0.4, 0.5) is 5.95 Å². The van der Waals surface area contributed by atoms with E-state index in [1.54, 1.807) is 12.4 Å². The second-order valence-electron chi connectivity index (χ2n) is 6.37. The van der Waals surface area contributed by atoms with Crippen molar-refractivity contribution in [2.75, 3.05) is 31.1 Å². The fraction of sp³-hybridized carbons (Fsp3) is 0.529. The van der Waals surface area contributed by atoms with E-state index in [2.05, 4.69) is 24.8 Å². The van der Waals surface area contributed by atoms with Crippen LogP contribution in [0.15, 0.2) is 22.3 Å². The molecule has 0 aromatic carbocycles. The highest BCUT2D eigenvalue weighted by Gasteiger charge is 2.27. The smallest absolute Gasteiger partial charge is 0.286 e. The molecule has 0 atom stereocenters. The Bertz CT molecular complexity index is 673. The van der Waals surface area contributed by atoms with Gasteiger partial charge in [0.2, 0.25) is 5.95 Å². The molecule has 126 valence electrons. The monoisotopic (exact) mass is 343 g/mol. The third-order valence-electron chi connectivity index (χ3n) is 4.58. The van der Waals surface area contributed by atoms with Crippen LogP contribution >= 0.6 is 11.8 Å². The average molecular weight is 343 g/mol. The molecule has 4 heterocycles. The molecule has 0 aliphatic carbocycles. The average Bonchev–Trinajstić information content (AvgIpc) is 3.27. The van der Waals surface area contributed by atoms with Crippen molar-refractivity contribution in [1.82, 2.24) is 14.9 Å². The largest absolute Gasteiger partial charge is 0.351 e. The maximum atomic E-state index is 12.2. The Morgan fingerprint density at radius 1 is 0.917 bits per heavy atom. The number of rotatable bonds is 2. The zero-order valence-corrected chi connectivity index (χ0v) is 14.5. The summed E-state index contributed by atoms with van der Waals surface area (Å²) >= 11 is 1.47. The Hall–Kier alpha value is -1.89. The van der Waals surface area contributed by atoms with E-state index in [1.165, 1.54) is 43.9 Å². The second-order valence-corrected chi connectivity index (χ2v) is 7.38. The Kier molecular flexibility index (Phi) is 4.51. The van der Waals surface area contributed by atoms with Gasteiger partial charge in [0, 0.05) is 44.1 Å². The summed E-state index contributed by atoms with van der Waals surface area (Å²) in [7, 11) is 0. The minimum absolute atomic E-state index is 0.149. The van der Waals surface area contributed by atoms with Crippen LogP contribution < -0.4 is 4.90 Å². The van der Waals surface area contributed by atoms with Crippen molar-refractivity contribution in [1.29, 1.82) is 0 Å². The predicted molar refractivity (Wildman–Crippen MR) is 96.9 cm³/mol. The van der Waals surface area contributed by atoms with E-state index in [-0.39, 0.29) is 5.91 Å². The fourth-order valence-electron chi connectivity index (χ4n) is 3.26. The van der Waals surface area contributed by atoms with Crippen LogP contribution in [-0.2, 0) is 4.79 Å². The van der Waals surface area contributed by atoms with Crippen molar-refractivity contribution in [3.63, 3.8) is 0 Å². The molecule has 2 saturated heterocycles. The van der Waals surface area contributed by atoms with E-state index in [0.717, 1.165) is 42.9 Å². The van der Waals surface area contributed by atoms with Gasteiger partial charge >= 0.3 is 0 Å². The summed E-state index contributed by atoms with van der Waals surface area (Å²) in [5.74, 6) is 0.634. The maximum Gasteiger partial charge on any atom is 0.286 e. The number of nitrogens with zero attached hydrogens (tertiary/aromatic N) is 5. The van der Waals surface area contributed by atoms with Crippen LogP contribution in [0.1, 0.15) is 37.7 Å². The lowest BCUT2D eigenvalue weighted by atomic mass is 10.1. The Morgan fingerprint density at radius 2 is 1.54 bits per heavy atom. The highest BCUT2D eigenvalue weighted by molar-refractivity contribution is 8.18. The number of piperidine rings is 1. The molecule has 0 radical (unpaired) electrons. The lowest BCUT2D eigenvalue weighted by Gasteiger charge is -2.27. The van der Waals surface area contributed by atoms with Crippen molar-refractivity contribution >= 4 is 34.9 Å². The molecule has 0 unspecified atom stereocenters. The van der Waals surface area contributed by atoms with Gasteiger partial charge in [0.1, 0.15) is 0 Å². The summed E-state index contributed by atoms with van der Waals surface area (Å²) in [6, 6.07) is 0. The molecule has 6 nitrogen and oxygen atoms in total. The zero-order valence-electron chi connectivity index (χ0n) is 13.6. The highest BCUT2D eigenvalue weighted by Crippen LogP contribution is 2.31. The molecule has 3 aliphatic heterocycles. The number of amidine groups is 1. The molecule has 0 bridgehead atoms. The number of aromatic nitrogens is 2. The van der Waals surface area contributed by atoms with Gasteiger partial charge < -0.3 is 9.80 Å². The van der Waals surface area contributed by atoms with Crippen LogP contribution in [-0.4, -0.2) is 52.1 Å². The number of hydrogen-bond acceptors (Lipinski definition) is 6. The molecule has 0 spiro atoms. The number of amides is 1. The summed E-state index contributed by atoms with van der Waals surface area (Å²) in [5.41, 5.74) is 0.851. The topological polar surface area (TPSA) is 61.7 Å². The van der Waals surface area contributed by atoms with Gasteiger partial charge in [0.05, 0.1) is 4.91 Å². The maximum absolute atomic E-state index is 12.2. The first-order valence-electron chi connectivity index (χ1n) is 8.64. The number of hydrogen-bond donors (Lipinski definition) is 0. The van der Waals surface area contributed by atoms with E-state index in [0.29, 0.717) is 4.91 Å². The van der Waals surface area contributed by atoms with Crippen LogP contribution in [0, 0.1) is 0 Å². The molecule has 1 amide bonds. The number of carbonyl (C=O) groups excluding carboxylic acids is 1. The Morgan fingerprint density at radius 3 is 2.25 bits per heavy atom. The molecular weight excluding hydrogens is 322 g/mol. The highest BCUT2D eigenvalue weighted by atomic mass is 32.2. The normalized spacial score (nSPS) is 23.2. The van der Waals surface area contributed by atoms with Crippen molar-refractivity contribution in [2.24, 2.45) is 4.99 Å². The molecular formula is C17H21N5OS. The molecule has 4 rings (SSSR count). The molecule has 0 N–H and O–H groups in total. The van der Waals surface area contributed by atoms with E-state index >= 15 is 0 Å². The third-order valence-corrected chi connectivity index (χ3v) is 5.63. The molecule has 1 aromatic heterocycles. The Balaban J connectivity index is 1.44. The number of thioether (sulfide) groups is 1.